The van der Waals surface area contributed by atoms with E-state index in [2.05, 4.69) is 60.1 Å². The van der Waals surface area contributed by atoms with Crippen molar-refractivity contribution in [3.63, 3.8) is 0 Å². The molecule has 3 aromatic rings. The Hall–Kier alpha value is -4.12. The highest BCUT2D eigenvalue weighted by atomic mass is 32.2. The van der Waals surface area contributed by atoms with Gasteiger partial charge in [0, 0.05) is 76.3 Å². The van der Waals surface area contributed by atoms with Gasteiger partial charge >= 0.3 is 11.9 Å². The number of methoxy groups -OCH3 is 1. The number of nitrogens with zero attached hydrogens (tertiary/aromatic N) is 5. The molecule has 0 radical (unpaired) electrons. The molecular formula is C33H49N9O6S. The maximum atomic E-state index is 12.4. The molecule has 0 aliphatic carbocycles. The highest BCUT2D eigenvalue weighted by molar-refractivity contribution is 8.00. The molecule has 1 aromatic carbocycles. The summed E-state index contributed by atoms with van der Waals surface area (Å²) in [6.07, 6.45) is 5.10. The van der Waals surface area contributed by atoms with E-state index in [0.717, 1.165) is 104 Å². The topological polar surface area (TPSA) is 214 Å². The number of nitrogens with one attached hydrogen (secondary N) is 2. The number of unbranched alkanes of at least 4 members (excludes halogenated alkanes) is 2. The summed E-state index contributed by atoms with van der Waals surface area (Å²) in [5.74, 6) is -1.05. The van der Waals surface area contributed by atoms with Crippen LogP contribution in [0.4, 0.5) is 11.8 Å². The van der Waals surface area contributed by atoms with E-state index < -0.39 is 23.2 Å². The van der Waals surface area contributed by atoms with Crippen molar-refractivity contribution in [2.45, 2.75) is 57.0 Å². The molecule has 2 unspecified atom stereocenters. The highest BCUT2D eigenvalue weighted by Gasteiger charge is 2.25. The van der Waals surface area contributed by atoms with Gasteiger partial charge in [0.25, 0.3) is 0 Å². The zero-order valence-corrected chi connectivity index (χ0v) is 29.1. The molecule has 0 bridgehead atoms. The standard InChI is InChI=1S/C33H49N9O6S/c1-3-4-5-9-37-30-29-25(38-33(35)39-30)8-11-42(29)20-23-7-6-22(17-26(23)48-2)19-41-15-13-40(14-16-41)12-10-36-28(43)18-27(32(46)47)49-21-24(34)31(44)45/h6-8,11,17,24,27H,3-5,9-10,12-16,18-21,34H2,1-2H3,(H,36,43)(H,44,45)(H,46,47)(H3,35,37,38,39). The van der Waals surface area contributed by atoms with Crippen LogP contribution in [-0.4, -0.2) is 122 Å². The molecule has 2 atom stereocenters. The van der Waals surface area contributed by atoms with Gasteiger partial charge in [0.2, 0.25) is 11.9 Å². The van der Waals surface area contributed by atoms with Gasteiger partial charge in [-0.15, -0.1) is 11.8 Å². The third-order valence-corrected chi connectivity index (χ3v) is 9.78. The molecule has 16 heteroatoms. The van der Waals surface area contributed by atoms with E-state index in [1.165, 1.54) is 0 Å². The summed E-state index contributed by atoms with van der Waals surface area (Å²) >= 11 is 0.863. The summed E-state index contributed by atoms with van der Waals surface area (Å²) in [4.78, 5) is 48.3. The second-order valence-electron chi connectivity index (χ2n) is 12.2. The van der Waals surface area contributed by atoms with E-state index in [0.29, 0.717) is 19.6 Å². The number of ether oxygens (including phenoxy) is 1. The SMILES string of the molecule is CCCCCNc1nc(N)nc2ccn(Cc3ccc(CN4CCN(CCNC(=O)CC(SCC(N)C(=O)O)C(=O)O)CC4)cc3OC)c12. The van der Waals surface area contributed by atoms with Gasteiger partial charge in [-0.2, -0.15) is 4.98 Å². The fourth-order valence-electron chi connectivity index (χ4n) is 5.69. The molecule has 2 aromatic heterocycles. The number of hydrogen-bond acceptors (Lipinski definition) is 12. The first-order chi connectivity index (χ1) is 23.6. The van der Waals surface area contributed by atoms with E-state index in [1.807, 2.05) is 12.3 Å². The molecule has 268 valence electrons. The Labute approximate surface area is 290 Å². The van der Waals surface area contributed by atoms with E-state index in [4.69, 9.17) is 21.3 Å². The molecule has 3 heterocycles. The first-order valence-corrected chi connectivity index (χ1v) is 17.7. The van der Waals surface area contributed by atoms with Gasteiger partial charge in [0.15, 0.2) is 5.82 Å². The molecule has 4 rings (SSSR count). The minimum Gasteiger partial charge on any atom is -0.496 e. The second-order valence-corrected chi connectivity index (χ2v) is 13.4. The zero-order chi connectivity index (χ0) is 35.3. The van der Waals surface area contributed by atoms with Crippen LogP contribution >= 0.6 is 11.8 Å². The van der Waals surface area contributed by atoms with Crippen LogP contribution in [0.2, 0.25) is 0 Å². The van der Waals surface area contributed by atoms with Crippen molar-refractivity contribution >= 4 is 52.4 Å². The molecule has 1 saturated heterocycles. The van der Waals surface area contributed by atoms with Gasteiger partial charge in [-0.05, 0) is 24.1 Å². The van der Waals surface area contributed by atoms with E-state index in [9.17, 15) is 19.5 Å². The predicted molar refractivity (Wildman–Crippen MR) is 191 cm³/mol. The first kappa shape index (κ1) is 37.7. The summed E-state index contributed by atoms with van der Waals surface area (Å²) in [5, 5.41) is 23.5. The van der Waals surface area contributed by atoms with Gasteiger partial charge in [0.05, 0.1) is 19.2 Å². The first-order valence-electron chi connectivity index (χ1n) is 16.6. The van der Waals surface area contributed by atoms with E-state index in [1.54, 1.807) is 7.11 Å². The Morgan fingerprint density at radius 3 is 2.47 bits per heavy atom. The van der Waals surface area contributed by atoms with Crippen molar-refractivity contribution in [3.8, 4) is 5.75 Å². The average molecular weight is 700 g/mol. The number of thioether (sulfide) groups is 1. The van der Waals surface area contributed by atoms with Crippen LogP contribution in [0.25, 0.3) is 11.0 Å². The van der Waals surface area contributed by atoms with Crippen molar-refractivity contribution in [3.05, 3.63) is 41.6 Å². The minimum absolute atomic E-state index is 0.0872. The lowest BCUT2D eigenvalue weighted by Crippen LogP contribution is -2.48. The number of fused-ring (bicyclic) bond motifs is 1. The number of amides is 1. The Morgan fingerprint density at radius 1 is 1.02 bits per heavy atom. The van der Waals surface area contributed by atoms with Crippen LogP contribution in [0.1, 0.15) is 43.7 Å². The van der Waals surface area contributed by atoms with Gasteiger partial charge in [-0.1, -0.05) is 31.9 Å². The lowest BCUT2D eigenvalue weighted by atomic mass is 10.1. The number of carboxylic acid groups (broad SMARTS) is 2. The molecular weight excluding hydrogens is 650 g/mol. The number of rotatable bonds is 20. The summed E-state index contributed by atoms with van der Waals surface area (Å²) in [6, 6.07) is 7.12. The molecule has 1 aliphatic rings. The Balaban J connectivity index is 1.25. The second kappa shape index (κ2) is 18.6. The number of piperazine rings is 1. The summed E-state index contributed by atoms with van der Waals surface area (Å²) < 4.78 is 7.95. The molecule has 8 N–H and O–H groups in total. The lowest BCUT2D eigenvalue weighted by molar-refractivity contribution is -0.139. The molecule has 1 aliphatic heterocycles. The number of aromatic nitrogens is 3. The van der Waals surface area contributed by atoms with Crippen molar-refractivity contribution < 1.29 is 29.3 Å². The van der Waals surface area contributed by atoms with Crippen LogP contribution in [0.3, 0.4) is 0 Å². The normalized spacial score (nSPS) is 15.2. The summed E-state index contributed by atoms with van der Waals surface area (Å²) in [5.41, 5.74) is 15.4. The molecule has 0 saturated carbocycles. The predicted octanol–water partition coefficient (Wildman–Crippen LogP) is 1.89. The number of anilines is 2. The number of carboxylic acids is 2. The van der Waals surface area contributed by atoms with Gasteiger partial charge in [-0.25, -0.2) is 4.98 Å². The fourth-order valence-corrected chi connectivity index (χ4v) is 6.69. The van der Waals surface area contributed by atoms with Crippen molar-refractivity contribution in [1.82, 2.24) is 29.7 Å². The van der Waals surface area contributed by atoms with Crippen LogP contribution in [0, 0.1) is 0 Å². The number of nitrogens with two attached hydrogens (primary N) is 2. The van der Waals surface area contributed by atoms with Gasteiger partial charge in [-0.3, -0.25) is 24.2 Å². The quantitative estimate of drug-likeness (QED) is 0.0930. The molecule has 15 nitrogen and oxygen atoms in total. The average Bonchev–Trinajstić information content (AvgIpc) is 3.48. The summed E-state index contributed by atoms with van der Waals surface area (Å²) in [7, 11) is 1.69. The van der Waals surface area contributed by atoms with Crippen molar-refractivity contribution in [2.24, 2.45) is 5.73 Å². The molecule has 1 amide bonds. The zero-order valence-electron chi connectivity index (χ0n) is 28.3. The van der Waals surface area contributed by atoms with E-state index in [-0.39, 0.29) is 24.0 Å². The van der Waals surface area contributed by atoms with Crippen LogP contribution in [0.15, 0.2) is 30.5 Å². The Morgan fingerprint density at radius 2 is 1.78 bits per heavy atom. The fraction of sp³-hybridized carbons (Fsp3) is 0.545. The lowest BCUT2D eigenvalue weighted by Gasteiger charge is -2.34. The van der Waals surface area contributed by atoms with Crippen LogP contribution in [0.5, 0.6) is 5.75 Å². The smallest absolute Gasteiger partial charge is 0.321 e. The van der Waals surface area contributed by atoms with Gasteiger partial charge < -0.3 is 41.6 Å². The molecule has 0 spiro atoms. The molecule has 1 fully saturated rings. The van der Waals surface area contributed by atoms with E-state index >= 15 is 0 Å². The number of hydrogen-bond donors (Lipinski definition) is 6. The third-order valence-electron chi connectivity index (χ3n) is 8.45. The maximum Gasteiger partial charge on any atom is 0.321 e. The third kappa shape index (κ3) is 11.2. The van der Waals surface area contributed by atoms with Crippen molar-refractivity contribution in [2.75, 3.05) is 69.7 Å². The Kier molecular flexibility index (Phi) is 14.3. The minimum atomic E-state index is -1.21. The highest BCUT2D eigenvalue weighted by Crippen LogP contribution is 2.27. The number of aliphatic carboxylic acids is 2. The number of carbonyl (C=O) groups is 3. The monoisotopic (exact) mass is 699 g/mol. The van der Waals surface area contributed by atoms with Crippen LogP contribution in [-0.2, 0) is 27.5 Å². The Bertz CT molecular complexity index is 1560. The number of benzene rings is 1. The largest absolute Gasteiger partial charge is 0.496 e. The van der Waals surface area contributed by atoms with Gasteiger partial charge in [0.1, 0.15) is 22.6 Å². The number of carbonyl (C=O) groups excluding carboxylic acids is 1. The summed E-state index contributed by atoms with van der Waals surface area (Å²) in [6.45, 7) is 8.84. The van der Waals surface area contributed by atoms with Crippen molar-refractivity contribution in [1.29, 1.82) is 0 Å². The maximum absolute atomic E-state index is 12.4. The number of nitrogen functional groups attached to an aromatic ring is 1. The molecule has 49 heavy (non-hydrogen) atoms. The van der Waals surface area contributed by atoms with Crippen LogP contribution < -0.4 is 26.8 Å².